The molecule has 4 heteroatoms. The highest BCUT2D eigenvalue weighted by atomic mass is 32.2. The van der Waals surface area contributed by atoms with Crippen molar-refractivity contribution in [1.29, 1.82) is 0 Å². The Kier molecular flexibility index (Phi) is 2.45. The van der Waals surface area contributed by atoms with Crippen molar-refractivity contribution >= 4 is 10.1 Å². The minimum absolute atomic E-state index is 0.0739. The summed E-state index contributed by atoms with van der Waals surface area (Å²) in [5.74, 6) is 2.60. The van der Waals surface area contributed by atoms with Gasteiger partial charge in [-0.3, -0.25) is 4.18 Å². The van der Waals surface area contributed by atoms with Crippen molar-refractivity contribution in [1.82, 2.24) is 0 Å². The minimum Gasteiger partial charge on any atom is -0.253 e. The van der Waals surface area contributed by atoms with E-state index in [2.05, 4.69) is 5.92 Å². The fourth-order valence-corrected chi connectivity index (χ4v) is 2.81. The molecule has 0 aromatic rings. The Morgan fingerprint density at radius 2 is 2.08 bits per heavy atom. The lowest BCUT2D eigenvalue weighted by atomic mass is 9.92. The molecule has 68 valence electrons. The maximum atomic E-state index is 11.1. The number of hydrogen-bond donors (Lipinski definition) is 0. The smallest absolute Gasteiger partial charge is 0.253 e. The van der Waals surface area contributed by atoms with Gasteiger partial charge in [0.2, 0.25) is 0 Å². The van der Waals surface area contributed by atoms with Crippen molar-refractivity contribution in [3.8, 4) is 12.3 Å². The van der Waals surface area contributed by atoms with Gasteiger partial charge in [0.15, 0.2) is 0 Å². The van der Waals surface area contributed by atoms with E-state index in [-0.39, 0.29) is 17.6 Å². The van der Waals surface area contributed by atoms with Gasteiger partial charge in [-0.2, -0.15) is 8.42 Å². The van der Waals surface area contributed by atoms with Crippen molar-refractivity contribution in [2.24, 2.45) is 11.8 Å². The summed E-state index contributed by atoms with van der Waals surface area (Å²) < 4.78 is 26.9. The minimum atomic E-state index is -3.37. The molecule has 0 aliphatic carbocycles. The van der Waals surface area contributed by atoms with Crippen LogP contribution in [0.15, 0.2) is 0 Å². The van der Waals surface area contributed by atoms with E-state index in [0.717, 1.165) is 0 Å². The standard InChI is InChI=1S/C8H12O3S/c1-4-8-7(3)6(2)5-12(9,10)11-8/h1,6-8H,5H2,2-3H3. The van der Waals surface area contributed by atoms with E-state index in [4.69, 9.17) is 10.6 Å². The van der Waals surface area contributed by atoms with Gasteiger partial charge in [0.05, 0.1) is 5.75 Å². The molecule has 0 bridgehead atoms. The van der Waals surface area contributed by atoms with Crippen LogP contribution < -0.4 is 0 Å². The maximum absolute atomic E-state index is 11.1. The molecule has 0 saturated carbocycles. The summed E-state index contributed by atoms with van der Waals surface area (Å²) >= 11 is 0. The summed E-state index contributed by atoms with van der Waals surface area (Å²) in [6.07, 6.45) is 4.55. The second-order valence-electron chi connectivity index (χ2n) is 3.24. The Labute approximate surface area is 73.2 Å². The molecule has 3 nitrogen and oxygen atoms in total. The molecule has 1 heterocycles. The van der Waals surface area contributed by atoms with Crippen molar-refractivity contribution in [2.45, 2.75) is 20.0 Å². The van der Waals surface area contributed by atoms with Crippen molar-refractivity contribution < 1.29 is 12.6 Å². The molecular formula is C8H12O3S. The van der Waals surface area contributed by atoms with Gasteiger partial charge in [-0.1, -0.05) is 19.8 Å². The lowest BCUT2D eigenvalue weighted by Gasteiger charge is -2.29. The summed E-state index contributed by atoms with van der Waals surface area (Å²) in [5.41, 5.74) is 0. The Morgan fingerprint density at radius 1 is 1.50 bits per heavy atom. The molecule has 1 fully saturated rings. The maximum Gasteiger partial charge on any atom is 0.268 e. The predicted octanol–water partition coefficient (Wildman–Crippen LogP) is 0.620. The van der Waals surface area contributed by atoms with Crippen molar-refractivity contribution in [3.05, 3.63) is 0 Å². The van der Waals surface area contributed by atoms with Gasteiger partial charge in [-0.25, -0.2) is 0 Å². The zero-order chi connectivity index (χ0) is 9.35. The van der Waals surface area contributed by atoms with E-state index in [1.54, 1.807) is 0 Å². The van der Waals surface area contributed by atoms with Gasteiger partial charge in [0.25, 0.3) is 10.1 Å². The number of rotatable bonds is 0. The van der Waals surface area contributed by atoms with Crippen LogP contribution in [0.3, 0.4) is 0 Å². The molecule has 1 rings (SSSR count). The molecule has 0 aromatic heterocycles. The molecule has 0 aromatic carbocycles. The third kappa shape index (κ3) is 1.79. The van der Waals surface area contributed by atoms with Gasteiger partial charge in [-0.15, -0.1) is 6.42 Å². The first-order valence-corrected chi connectivity index (χ1v) is 5.41. The van der Waals surface area contributed by atoms with E-state index in [0.29, 0.717) is 0 Å². The summed E-state index contributed by atoms with van der Waals surface area (Å²) in [7, 11) is -3.37. The second-order valence-corrected chi connectivity index (χ2v) is 4.89. The molecule has 3 unspecified atom stereocenters. The quantitative estimate of drug-likeness (QED) is 0.413. The second kappa shape index (κ2) is 3.08. The first kappa shape index (κ1) is 9.56. The molecule has 1 aliphatic heterocycles. The first-order valence-electron chi connectivity index (χ1n) is 3.83. The van der Waals surface area contributed by atoms with Gasteiger partial charge >= 0.3 is 0 Å². The fourth-order valence-electron chi connectivity index (χ4n) is 1.24. The van der Waals surface area contributed by atoms with Crippen LogP contribution in [0.1, 0.15) is 13.8 Å². The molecule has 1 saturated heterocycles. The highest BCUT2D eigenvalue weighted by molar-refractivity contribution is 7.86. The summed E-state index contributed by atoms with van der Waals surface area (Å²) in [5, 5.41) is 0. The first-order chi connectivity index (χ1) is 5.46. The highest BCUT2D eigenvalue weighted by Gasteiger charge is 2.35. The SMILES string of the molecule is C#CC1OS(=O)(=O)CC(C)C1C. The van der Waals surface area contributed by atoms with Crippen LogP contribution in [0.4, 0.5) is 0 Å². The Bertz CT molecular complexity index is 299. The van der Waals surface area contributed by atoms with Gasteiger partial charge in [-0.05, 0) is 11.8 Å². The molecule has 0 radical (unpaired) electrons. The zero-order valence-corrected chi connectivity index (χ0v) is 7.97. The van der Waals surface area contributed by atoms with Crippen LogP contribution in [0.5, 0.6) is 0 Å². The highest BCUT2D eigenvalue weighted by Crippen LogP contribution is 2.26. The summed E-state index contributed by atoms with van der Waals surface area (Å²) in [6.45, 7) is 3.78. The molecule has 0 N–H and O–H groups in total. The molecule has 12 heavy (non-hydrogen) atoms. The Balaban J connectivity index is 2.88. The molecule has 3 atom stereocenters. The van der Waals surface area contributed by atoms with Crippen LogP contribution in [0.2, 0.25) is 0 Å². The van der Waals surface area contributed by atoms with Crippen LogP contribution >= 0.6 is 0 Å². The Morgan fingerprint density at radius 3 is 2.58 bits per heavy atom. The predicted molar refractivity (Wildman–Crippen MR) is 45.8 cm³/mol. The lowest BCUT2D eigenvalue weighted by Crippen LogP contribution is -2.38. The van der Waals surface area contributed by atoms with Gasteiger partial charge in [0.1, 0.15) is 6.10 Å². The average molecular weight is 188 g/mol. The zero-order valence-electron chi connectivity index (χ0n) is 7.15. The topological polar surface area (TPSA) is 43.4 Å². The van der Waals surface area contributed by atoms with E-state index >= 15 is 0 Å². The van der Waals surface area contributed by atoms with Crippen molar-refractivity contribution in [2.75, 3.05) is 5.75 Å². The third-order valence-corrected chi connectivity index (χ3v) is 3.69. The molecular weight excluding hydrogens is 176 g/mol. The van der Waals surface area contributed by atoms with Gasteiger partial charge < -0.3 is 0 Å². The molecule has 0 spiro atoms. The third-order valence-electron chi connectivity index (χ3n) is 2.26. The van der Waals surface area contributed by atoms with Crippen LogP contribution in [0, 0.1) is 24.2 Å². The number of hydrogen-bond acceptors (Lipinski definition) is 3. The van der Waals surface area contributed by atoms with Crippen LogP contribution in [0.25, 0.3) is 0 Å². The Hall–Kier alpha value is -0.530. The lowest BCUT2D eigenvalue weighted by molar-refractivity contribution is 0.146. The average Bonchev–Trinajstić information content (AvgIpc) is 1.96. The van der Waals surface area contributed by atoms with Crippen LogP contribution in [-0.4, -0.2) is 20.3 Å². The number of terminal acetylenes is 1. The van der Waals surface area contributed by atoms with E-state index < -0.39 is 16.2 Å². The van der Waals surface area contributed by atoms with E-state index in [1.807, 2.05) is 13.8 Å². The van der Waals surface area contributed by atoms with E-state index in [9.17, 15) is 8.42 Å². The van der Waals surface area contributed by atoms with Crippen molar-refractivity contribution in [3.63, 3.8) is 0 Å². The summed E-state index contributed by atoms with van der Waals surface area (Å²) in [6, 6.07) is 0. The summed E-state index contributed by atoms with van der Waals surface area (Å²) in [4.78, 5) is 0. The van der Waals surface area contributed by atoms with E-state index in [1.165, 1.54) is 0 Å². The van der Waals surface area contributed by atoms with Gasteiger partial charge in [0, 0.05) is 0 Å². The fraction of sp³-hybridized carbons (Fsp3) is 0.750. The normalized spacial score (nSPS) is 40.2. The largest absolute Gasteiger partial charge is 0.268 e. The molecule has 1 aliphatic rings. The van der Waals surface area contributed by atoms with Crippen LogP contribution in [-0.2, 0) is 14.3 Å². The monoisotopic (exact) mass is 188 g/mol. The molecule has 0 amide bonds.